The first-order chi connectivity index (χ1) is 15.6. The lowest BCUT2D eigenvalue weighted by atomic mass is 10.1. The maximum atomic E-state index is 6.28. The largest absolute Gasteiger partial charge is 0.434 e. The van der Waals surface area contributed by atoms with E-state index in [0.717, 1.165) is 29.7 Å². The number of nitrogens with two attached hydrogens (primary N) is 1. The maximum absolute atomic E-state index is 6.28. The fraction of sp³-hybridized carbons (Fsp3) is 0.240. The minimum Gasteiger partial charge on any atom is -0.434 e. The number of ether oxygens (including phenoxy) is 1. The second kappa shape index (κ2) is 11.5. The summed E-state index contributed by atoms with van der Waals surface area (Å²) >= 11 is 0. The van der Waals surface area contributed by atoms with E-state index in [1.807, 2.05) is 61.6 Å². The number of hydrogen-bond donors (Lipinski definition) is 1. The molecule has 0 amide bonds. The van der Waals surface area contributed by atoms with Crippen LogP contribution < -0.4 is 20.0 Å². The van der Waals surface area contributed by atoms with Gasteiger partial charge in [0.15, 0.2) is 5.76 Å². The average molecular weight is 434 g/mol. The van der Waals surface area contributed by atoms with E-state index in [1.54, 1.807) is 25.7 Å². The van der Waals surface area contributed by atoms with Crippen molar-refractivity contribution in [3.63, 3.8) is 0 Å². The van der Waals surface area contributed by atoms with Crippen molar-refractivity contribution in [2.24, 2.45) is 5.73 Å². The highest BCUT2D eigenvalue weighted by Gasteiger charge is 2.12. The molecule has 166 valence electrons. The van der Waals surface area contributed by atoms with Crippen LogP contribution in [0, 0.1) is 0 Å². The highest BCUT2D eigenvalue weighted by Crippen LogP contribution is 2.24. The molecule has 3 rings (SSSR count). The summed E-state index contributed by atoms with van der Waals surface area (Å²) in [6.45, 7) is 4.08. The Morgan fingerprint density at radius 1 is 1.25 bits per heavy atom. The van der Waals surface area contributed by atoms with Gasteiger partial charge in [-0.15, -0.1) is 0 Å². The highest BCUT2D eigenvalue weighted by molar-refractivity contribution is 5.76. The lowest BCUT2D eigenvalue weighted by molar-refractivity contribution is -0.886. The van der Waals surface area contributed by atoms with Gasteiger partial charge in [0.1, 0.15) is 12.9 Å². The second-order valence-electron chi connectivity index (χ2n) is 7.10. The van der Waals surface area contributed by atoms with Gasteiger partial charge in [0, 0.05) is 28.5 Å². The normalized spacial score (nSPS) is 12.3. The predicted octanol–water partition coefficient (Wildman–Crippen LogP) is 4.40. The standard InChI is InChI=1S/C25H29N4O3/c1-4-6-8-22(23(26)9-7-5-2)24-17-20(28-32-24)16-19-10-12-21(13-11-19)31-25-18-29(30-3)15-14-27-25/h4,6,8-15,17-18H,5,7,16,26H2,1-3H3/q+1/b6-4-,22-8+,23-9-. The molecule has 0 aliphatic heterocycles. The zero-order valence-corrected chi connectivity index (χ0v) is 18.7. The van der Waals surface area contributed by atoms with Gasteiger partial charge < -0.3 is 15.0 Å². The van der Waals surface area contributed by atoms with Crippen molar-refractivity contribution in [1.29, 1.82) is 0 Å². The lowest BCUT2D eigenvalue weighted by Crippen LogP contribution is -2.39. The Morgan fingerprint density at radius 2 is 2.06 bits per heavy atom. The Hall–Kier alpha value is -3.87. The van der Waals surface area contributed by atoms with Gasteiger partial charge in [-0.25, -0.2) is 4.98 Å². The molecule has 7 nitrogen and oxygen atoms in total. The van der Waals surface area contributed by atoms with Crippen LogP contribution in [0.15, 0.2) is 83.4 Å². The van der Waals surface area contributed by atoms with E-state index >= 15 is 0 Å². The van der Waals surface area contributed by atoms with Crippen molar-refractivity contribution < 1.29 is 18.8 Å². The first kappa shape index (κ1) is 22.8. The minimum absolute atomic E-state index is 0.442. The number of nitrogens with zero attached hydrogens (tertiary/aromatic N) is 3. The van der Waals surface area contributed by atoms with Gasteiger partial charge >= 0.3 is 0 Å². The van der Waals surface area contributed by atoms with Gasteiger partial charge in [0.25, 0.3) is 12.1 Å². The van der Waals surface area contributed by atoms with Crippen molar-refractivity contribution in [1.82, 2.24) is 10.1 Å². The molecule has 2 aromatic heterocycles. The van der Waals surface area contributed by atoms with E-state index < -0.39 is 0 Å². The zero-order valence-electron chi connectivity index (χ0n) is 18.7. The SMILES string of the molecule is C\C=C/C=C(\C(N)=C\CCC)c1cc(Cc2ccc(Oc3c[n+](OC)ccn3)cc2)no1. The van der Waals surface area contributed by atoms with Crippen molar-refractivity contribution in [2.45, 2.75) is 33.1 Å². The summed E-state index contributed by atoms with van der Waals surface area (Å²) < 4.78 is 12.9. The van der Waals surface area contributed by atoms with Gasteiger partial charge in [-0.1, -0.05) is 48.9 Å². The van der Waals surface area contributed by atoms with Crippen molar-refractivity contribution in [3.05, 3.63) is 95.9 Å². The Morgan fingerprint density at radius 3 is 2.78 bits per heavy atom. The zero-order chi connectivity index (χ0) is 22.8. The van der Waals surface area contributed by atoms with Crippen molar-refractivity contribution in [3.8, 4) is 11.6 Å². The first-order valence-corrected chi connectivity index (χ1v) is 10.6. The molecule has 3 aromatic rings. The summed E-state index contributed by atoms with van der Waals surface area (Å²) in [6.07, 6.45) is 15.4. The molecule has 0 radical (unpaired) electrons. The number of allylic oxidation sites excluding steroid dienone is 5. The fourth-order valence-electron chi connectivity index (χ4n) is 2.97. The Balaban J connectivity index is 1.70. The number of benzene rings is 1. The molecule has 0 saturated carbocycles. The summed E-state index contributed by atoms with van der Waals surface area (Å²) in [6, 6.07) is 9.70. The molecular weight excluding hydrogens is 404 g/mol. The first-order valence-electron chi connectivity index (χ1n) is 10.6. The van der Waals surface area contributed by atoms with Crippen molar-refractivity contribution in [2.75, 3.05) is 7.11 Å². The third-order valence-electron chi connectivity index (χ3n) is 4.64. The van der Waals surface area contributed by atoms with E-state index in [1.165, 1.54) is 4.73 Å². The molecule has 0 atom stereocenters. The number of unbranched alkanes of at least 4 members (excludes halogenated alkanes) is 1. The topological polar surface area (TPSA) is 87.3 Å². The van der Waals surface area contributed by atoms with Gasteiger partial charge in [-0.05, 0) is 37.1 Å². The molecule has 0 saturated heterocycles. The molecule has 0 fully saturated rings. The average Bonchev–Trinajstić information content (AvgIpc) is 3.27. The fourth-order valence-corrected chi connectivity index (χ4v) is 2.97. The van der Waals surface area contributed by atoms with Gasteiger partial charge in [-0.3, -0.25) is 4.84 Å². The predicted molar refractivity (Wildman–Crippen MR) is 123 cm³/mol. The Bertz CT molecular complexity index is 1100. The number of aromatic nitrogens is 3. The second-order valence-corrected chi connectivity index (χ2v) is 7.10. The summed E-state index contributed by atoms with van der Waals surface area (Å²) in [5, 5.41) is 4.23. The van der Waals surface area contributed by atoms with Crippen LogP contribution in [0.1, 0.15) is 43.7 Å². The van der Waals surface area contributed by atoms with E-state index in [4.69, 9.17) is 19.8 Å². The van der Waals surface area contributed by atoms with E-state index in [0.29, 0.717) is 29.5 Å². The third-order valence-corrected chi connectivity index (χ3v) is 4.64. The highest BCUT2D eigenvalue weighted by atomic mass is 16.6. The monoisotopic (exact) mass is 433 g/mol. The molecule has 0 unspecified atom stereocenters. The molecule has 0 aliphatic rings. The minimum atomic E-state index is 0.442. The molecule has 2 heterocycles. The van der Waals surface area contributed by atoms with Crippen LogP contribution in [-0.4, -0.2) is 17.3 Å². The molecule has 1 aromatic carbocycles. The molecule has 0 bridgehead atoms. The van der Waals surface area contributed by atoms with Crippen LogP contribution in [0.2, 0.25) is 0 Å². The van der Waals surface area contributed by atoms with Crippen LogP contribution in [-0.2, 0) is 6.42 Å². The molecule has 0 aliphatic carbocycles. The van der Waals surface area contributed by atoms with Crippen LogP contribution in [0.4, 0.5) is 0 Å². The lowest BCUT2D eigenvalue weighted by Gasteiger charge is -2.04. The van der Waals surface area contributed by atoms with Gasteiger partial charge in [0.05, 0.1) is 11.9 Å². The Labute approximate surface area is 188 Å². The van der Waals surface area contributed by atoms with Crippen LogP contribution in [0.25, 0.3) is 5.57 Å². The van der Waals surface area contributed by atoms with Crippen LogP contribution in [0.5, 0.6) is 11.6 Å². The number of rotatable bonds is 10. The Kier molecular flexibility index (Phi) is 8.20. The molecular formula is C25H29N4O3+. The maximum Gasteiger partial charge on any atom is 0.290 e. The number of hydrogen-bond acceptors (Lipinski definition) is 6. The summed E-state index contributed by atoms with van der Waals surface area (Å²) in [5.74, 6) is 1.78. The molecule has 2 N–H and O–H groups in total. The van der Waals surface area contributed by atoms with Crippen molar-refractivity contribution >= 4 is 5.57 Å². The van der Waals surface area contributed by atoms with Crippen LogP contribution >= 0.6 is 0 Å². The smallest absolute Gasteiger partial charge is 0.290 e. The third kappa shape index (κ3) is 6.31. The van der Waals surface area contributed by atoms with Gasteiger partial charge in [0.2, 0.25) is 6.20 Å². The van der Waals surface area contributed by atoms with E-state index in [-0.39, 0.29) is 0 Å². The van der Waals surface area contributed by atoms with Crippen LogP contribution in [0.3, 0.4) is 0 Å². The molecule has 7 heteroatoms. The summed E-state index contributed by atoms with van der Waals surface area (Å²) in [7, 11) is 1.57. The molecule has 0 spiro atoms. The van der Waals surface area contributed by atoms with E-state index in [9.17, 15) is 0 Å². The quantitative estimate of drug-likeness (QED) is 0.377. The summed E-state index contributed by atoms with van der Waals surface area (Å²) in [4.78, 5) is 9.29. The molecule has 32 heavy (non-hydrogen) atoms. The summed E-state index contributed by atoms with van der Waals surface area (Å²) in [5.41, 5.74) is 9.72. The van der Waals surface area contributed by atoms with E-state index in [2.05, 4.69) is 17.1 Å². The van der Waals surface area contributed by atoms with Gasteiger partial charge in [-0.2, -0.15) is 0 Å².